The Bertz CT molecular complexity index is 529. The Morgan fingerprint density at radius 2 is 2.14 bits per heavy atom. The number of nitrogens with zero attached hydrogens (tertiary/aromatic N) is 1. The zero-order chi connectivity index (χ0) is 15.4. The van der Waals surface area contributed by atoms with Gasteiger partial charge in [0.25, 0.3) is 0 Å². The summed E-state index contributed by atoms with van der Waals surface area (Å²) in [6, 6.07) is 5.84. The highest BCUT2D eigenvalue weighted by Crippen LogP contribution is 2.32. The number of para-hydroxylation sites is 1. The number of amides is 1. The molecule has 21 heavy (non-hydrogen) atoms. The van der Waals surface area contributed by atoms with Gasteiger partial charge < -0.3 is 19.5 Å². The van der Waals surface area contributed by atoms with Crippen molar-refractivity contribution in [3.8, 4) is 5.75 Å². The van der Waals surface area contributed by atoms with E-state index < -0.39 is 12.0 Å². The first-order chi connectivity index (χ1) is 10.0. The number of rotatable bonds is 4. The van der Waals surface area contributed by atoms with E-state index in [1.807, 2.05) is 13.8 Å². The Labute approximate surface area is 123 Å². The zero-order valence-electron chi connectivity index (χ0n) is 12.1. The summed E-state index contributed by atoms with van der Waals surface area (Å²) in [6.45, 7) is 3.98. The summed E-state index contributed by atoms with van der Waals surface area (Å²) in [5.74, 6) is -0.924. The lowest BCUT2D eigenvalue weighted by molar-refractivity contribution is -0.153. The lowest BCUT2D eigenvalue weighted by atomic mass is 10.0. The average molecular weight is 293 g/mol. The fraction of sp³-hybridized carbons (Fsp3) is 0.467. The van der Waals surface area contributed by atoms with Crippen molar-refractivity contribution in [1.82, 2.24) is 4.90 Å². The topological polar surface area (TPSA) is 76.1 Å². The van der Waals surface area contributed by atoms with Crippen LogP contribution < -0.4 is 4.74 Å². The Kier molecular flexibility index (Phi) is 4.80. The van der Waals surface area contributed by atoms with Gasteiger partial charge in [-0.15, -0.1) is 0 Å². The molecule has 1 aliphatic rings. The van der Waals surface area contributed by atoms with Crippen LogP contribution in [0.3, 0.4) is 0 Å². The van der Waals surface area contributed by atoms with E-state index in [2.05, 4.69) is 0 Å². The van der Waals surface area contributed by atoms with Gasteiger partial charge in [-0.1, -0.05) is 18.2 Å². The molecule has 0 aromatic heterocycles. The molecule has 1 aromatic rings. The normalized spacial score (nSPS) is 17.9. The van der Waals surface area contributed by atoms with Gasteiger partial charge in [0, 0.05) is 5.56 Å². The van der Waals surface area contributed by atoms with Crippen LogP contribution in [0.1, 0.15) is 25.5 Å². The number of carboxylic acid groups (broad SMARTS) is 1. The van der Waals surface area contributed by atoms with Gasteiger partial charge in [-0.2, -0.15) is 0 Å². The van der Waals surface area contributed by atoms with Gasteiger partial charge in [-0.05, 0) is 19.9 Å². The highest BCUT2D eigenvalue weighted by atomic mass is 16.5. The van der Waals surface area contributed by atoms with E-state index in [4.69, 9.17) is 9.47 Å². The summed E-state index contributed by atoms with van der Waals surface area (Å²) in [4.78, 5) is 25.2. The van der Waals surface area contributed by atoms with Crippen molar-refractivity contribution in [2.75, 3.05) is 19.8 Å². The fourth-order valence-corrected chi connectivity index (χ4v) is 2.24. The van der Waals surface area contributed by atoms with E-state index in [0.717, 1.165) is 0 Å². The number of aliphatic carboxylic acids is 1. The third-order valence-corrected chi connectivity index (χ3v) is 3.21. The summed E-state index contributed by atoms with van der Waals surface area (Å²) >= 11 is 0. The lowest BCUT2D eigenvalue weighted by Crippen LogP contribution is -2.42. The van der Waals surface area contributed by atoms with E-state index in [0.29, 0.717) is 11.3 Å². The van der Waals surface area contributed by atoms with Crippen molar-refractivity contribution in [1.29, 1.82) is 0 Å². The van der Waals surface area contributed by atoms with E-state index >= 15 is 0 Å². The molecule has 114 valence electrons. The predicted molar refractivity (Wildman–Crippen MR) is 75.1 cm³/mol. The molecule has 0 radical (unpaired) electrons. The minimum Gasteiger partial charge on any atom is -0.491 e. The molecule has 1 atom stereocenters. The third kappa shape index (κ3) is 3.52. The Hall–Kier alpha value is -2.08. The van der Waals surface area contributed by atoms with E-state index in [1.165, 1.54) is 4.90 Å². The summed E-state index contributed by atoms with van der Waals surface area (Å²) in [6.07, 6.45) is -0.0901. The van der Waals surface area contributed by atoms with Crippen LogP contribution in [0.2, 0.25) is 0 Å². The summed E-state index contributed by atoms with van der Waals surface area (Å²) in [5, 5.41) is 9.52. The van der Waals surface area contributed by atoms with Gasteiger partial charge >= 0.3 is 5.97 Å². The number of carbonyl (C=O) groups excluding carboxylic acids is 1. The minimum atomic E-state index is -1.08. The molecular weight excluding hydrogens is 274 g/mol. The monoisotopic (exact) mass is 293 g/mol. The molecule has 1 amide bonds. The van der Waals surface area contributed by atoms with Gasteiger partial charge in [-0.3, -0.25) is 4.79 Å². The van der Waals surface area contributed by atoms with Crippen molar-refractivity contribution >= 4 is 11.9 Å². The van der Waals surface area contributed by atoms with Crippen LogP contribution in [0.5, 0.6) is 5.75 Å². The number of fused-ring (bicyclic) bond motifs is 1. The van der Waals surface area contributed by atoms with Crippen LogP contribution in [-0.2, 0) is 14.3 Å². The van der Waals surface area contributed by atoms with Crippen molar-refractivity contribution in [2.45, 2.75) is 26.0 Å². The number of hydrogen-bond donors (Lipinski definition) is 1. The molecule has 1 unspecified atom stereocenters. The second-order valence-electron chi connectivity index (χ2n) is 5.07. The van der Waals surface area contributed by atoms with Gasteiger partial charge in [0.15, 0.2) is 6.04 Å². The molecular formula is C15H19NO5. The number of hydrogen-bond acceptors (Lipinski definition) is 4. The lowest BCUT2D eigenvalue weighted by Gasteiger charge is -2.27. The van der Waals surface area contributed by atoms with E-state index in [1.54, 1.807) is 24.3 Å². The zero-order valence-corrected chi connectivity index (χ0v) is 12.1. The van der Waals surface area contributed by atoms with Crippen LogP contribution in [0, 0.1) is 0 Å². The summed E-state index contributed by atoms with van der Waals surface area (Å²) in [5.41, 5.74) is 0.486. The quantitative estimate of drug-likeness (QED) is 0.909. The van der Waals surface area contributed by atoms with Crippen LogP contribution >= 0.6 is 0 Å². The molecule has 1 aromatic carbocycles. The van der Waals surface area contributed by atoms with Crippen molar-refractivity contribution < 1.29 is 24.2 Å². The fourth-order valence-electron chi connectivity index (χ4n) is 2.24. The SMILES string of the molecule is CC(C)OCC(=O)N1CCOc2ccccc2C1C(=O)O. The number of benzene rings is 1. The maximum absolute atomic E-state index is 12.3. The summed E-state index contributed by atoms with van der Waals surface area (Å²) in [7, 11) is 0. The maximum Gasteiger partial charge on any atom is 0.331 e. The molecule has 0 saturated carbocycles. The standard InChI is InChI=1S/C15H19NO5/c1-10(2)21-9-13(17)16-7-8-20-12-6-4-3-5-11(12)14(16)15(18)19/h3-6,10,14H,7-9H2,1-2H3,(H,18,19). The molecule has 2 rings (SSSR count). The molecule has 0 saturated heterocycles. The maximum atomic E-state index is 12.3. The number of ether oxygens (including phenoxy) is 2. The Morgan fingerprint density at radius 3 is 2.81 bits per heavy atom. The highest BCUT2D eigenvalue weighted by Gasteiger charge is 2.35. The summed E-state index contributed by atoms with van der Waals surface area (Å²) < 4.78 is 10.8. The van der Waals surface area contributed by atoms with Gasteiger partial charge in [0.2, 0.25) is 5.91 Å². The van der Waals surface area contributed by atoms with E-state index in [-0.39, 0.29) is 31.8 Å². The molecule has 1 N–H and O–H groups in total. The van der Waals surface area contributed by atoms with Crippen molar-refractivity contribution in [3.05, 3.63) is 29.8 Å². The second-order valence-corrected chi connectivity index (χ2v) is 5.07. The number of carbonyl (C=O) groups is 2. The third-order valence-electron chi connectivity index (χ3n) is 3.21. The van der Waals surface area contributed by atoms with Gasteiger partial charge in [0.05, 0.1) is 12.6 Å². The average Bonchev–Trinajstić information content (AvgIpc) is 2.63. The van der Waals surface area contributed by atoms with Crippen molar-refractivity contribution in [3.63, 3.8) is 0 Å². The first-order valence-electron chi connectivity index (χ1n) is 6.86. The van der Waals surface area contributed by atoms with Crippen LogP contribution in [-0.4, -0.2) is 47.7 Å². The van der Waals surface area contributed by atoms with Crippen LogP contribution in [0.4, 0.5) is 0 Å². The highest BCUT2D eigenvalue weighted by molar-refractivity contribution is 5.86. The van der Waals surface area contributed by atoms with E-state index in [9.17, 15) is 14.7 Å². The predicted octanol–water partition coefficient (Wildman–Crippen LogP) is 1.46. The van der Waals surface area contributed by atoms with Crippen LogP contribution in [0.25, 0.3) is 0 Å². The van der Waals surface area contributed by atoms with Gasteiger partial charge in [-0.25, -0.2) is 4.79 Å². The van der Waals surface area contributed by atoms with Gasteiger partial charge in [0.1, 0.15) is 19.0 Å². The number of carboxylic acids is 1. The molecule has 6 heteroatoms. The largest absolute Gasteiger partial charge is 0.491 e. The molecule has 0 bridgehead atoms. The minimum absolute atomic E-state index is 0.0901. The first-order valence-corrected chi connectivity index (χ1v) is 6.86. The Balaban J connectivity index is 2.28. The molecule has 0 aliphatic carbocycles. The van der Waals surface area contributed by atoms with Crippen LogP contribution in [0.15, 0.2) is 24.3 Å². The molecule has 1 aliphatic heterocycles. The second kappa shape index (κ2) is 6.58. The molecule has 0 fully saturated rings. The van der Waals surface area contributed by atoms with Crippen molar-refractivity contribution in [2.24, 2.45) is 0 Å². The Morgan fingerprint density at radius 1 is 1.43 bits per heavy atom. The molecule has 6 nitrogen and oxygen atoms in total. The molecule has 1 heterocycles. The molecule has 0 spiro atoms. The smallest absolute Gasteiger partial charge is 0.331 e. The first kappa shape index (κ1) is 15.3.